The fourth-order valence-electron chi connectivity index (χ4n) is 11.9. The first-order chi connectivity index (χ1) is 47.1. The number of aryl methyl sites for hydroxylation is 6. The van der Waals surface area contributed by atoms with Crippen LogP contribution < -0.4 is 30.6 Å². The van der Waals surface area contributed by atoms with Gasteiger partial charge in [0.15, 0.2) is 0 Å². The maximum Gasteiger partial charge on any atom is 0 e. The van der Waals surface area contributed by atoms with Gasteiger partial charge < -0.3 is 30.6 Å². The summed E-state index contributed by atoms with van der Waals surface area (Å²) in [4.78, 5) is 0. The van der Waals surface area contributed by atoms with Crippen LogP contribution in [-0.4, -0.2) is 0 Å². The molecule has 0 aliphatic carbocycles. The van der Waals surface area contributed by atoms with Gasteiger partial charge in [-0.25, -0.2) is 0 Å². The van der Waals surface area contributed by atoms with Crippen LogP contribution in [0.4, 0.5) is 0 Å². The summed E-state index contributed by atoms with van der Waals surface area (Å²) in [5.41, 5.74) is 5.89. The average molecular weight is 1410 g/mol. The first-order valence-corrected chi connectivity index (χ1v) is 39.6. The zero-order valence-electron chi connectivity index (χ0n) is 62.7. The molecule has 97 heavy (non-hydrogen) atoms. The van der Waals surface area contributed by atoms with E-state index in [1.807, 2.05) is 109 Å². The summed E-state index contributed by atoms with van der Waals surface area (Å²) >= 11 is 0. The van der Waals surface area contributed by atoms with Gasteiger partial charge in [-0.2, -0.15) is 0 Å². The normalized spacial score (nSPS) is 10.5. The van der Waals surface area contributed by atoms with Crippen LogP contribution in [0.25, 0.3) is 0 Å². The zero-order chi connectivity index (χ0) is 69.8. The maximum absolute atomic E-state index is 11.4. The van der Waals surface area contributed by atoms with E-state index in [2.05, 4.69) is 41.5 Å². The average Bonchev–Trinajstić information content (AvgIpc) is 2.30. The Morgan fingerprint density at radius 3 is 0.371 bits per heavy atom. The largest absolute Gasteiger partial charge is 0.872 e. The minimum Gasteiger partial charge on any atom is -0.872 e. The summed E-state index contributed by atoms with van der Waals surface area (Å²) in [6.07, 6.45) is 60.5. The van der Waals surface area contributed by atoms with Gasteiger partial charge in [-0.1, -0.05) is 452 Å². The van der Waals surface area contributed by atoms with Crippen molar-refractivity contribution >= 4 is 0 Å². The Labute approximate surface area is 611 Å². The van der Waals surface area contributed by atoms with Crippen LogP contribution in [-0.2, 0) is 59.6 Å². The molecule has 0 aliphatic rings. The molecule has 7 heteroatoms. The first kappa shape index (κ1) is 91.8. The molecule has 6 rings (SSSR count). The second kappa shape index (κ2) is 69.3. The van der Waals surface area contributed by atoms with E-state index in [9.17, 15) is 30.6 Å². The molecule has 6 nitrogen and oxygen atoms in total. The van der Waals surface area contributed by atoms with E-state index < -0.39 is 0 Å². The number of benzene rings is 6. The third-order valence-electron chi connectivity index (χ3n) is 18.1. The Morgan fingerprint density at radius 2 is 0.258 bits per heavy atom. The number of rotatable bonds is 48. The van der Waals surface area contributed by atoms with Crippen molar-refractivity contribution < 1.29 is 51.7 Å². The van der Waals surface area contributed by atoms with Crippen molar-refractivity contribution in [3.8, 4) is 34.5 Å². The summed E-state index contributed by atoms with van der Waals surface area (Å²) in [6.45, 7) is 13.4. The molecular formula is C90H138MoO6-6. The van der Waals surface area contributed by atoms with E-state index >= 15 is 0 Å². The molecule has 0 unspecified atom stereocenters. The topological polar surface area (TPSA) is 138 Å². The number of hydrogen-bond acceptors (Lipinski definition) is 6. The molecule has 6 aromatic carbocycles. The molecule has 0 aromatic heterocycles. The Bertz CT molecular complexity index is 2150. The van der Waals surface area contributed by atoms with Crippen LogP contribution in [0.15, 0.2) is 146 Å². The Kier molecular flexibility index (Phi) is 65.6. The summed E-state index contributed by atoms with van der Waals surface area (Å²) in [6, 6.07) is 44.4. The molecule has 0 spiro atoms. The third-order valence-corrected chi connectivity index (χ3v) is 18.1. The maximum atomic E-state index is 11.4. The van der Waals surface area contributed by atoms with Crippen LogP contribution in [0.1, 0.15) is 345 Å². The van der Waals surface area contributed by atoms with Crippen LogP contribution in [0.3, 0.4) is 0 Å². The quantitative estimate of drug-likeness (QED) is 0.0275. The zero-order valence-corrected chi connectivity index (χ0v) is 64.7. The summed E-state index contributed by atoms with van der Waals surface area (Å²) in [5.74, 6) is 1.21. The molecule has 0 saturated carbocycles. The Balaban J connectivity index is 0.00000114. The Hall–Kier alpha value is -5.19. The van der Waals surface area contributed by atoms with Gasteiger partial charge in [0.2, 0.25) is 0 Å². The molecule has 0 aliphatic heterocycles. The van der Waals surface area contributed by atoms with E-state index in [-0.39, 0.29) is 55.6 Å². The SMILES string of the molecule is CCCCCCCCCc1ccccc1[O-].CCCCCCCCCc1ccccc1[O-].CCCCCCCCCc1ccccc1[O-].CCCCCCCCCc1ccccc1[O-].CCCCCCCCCc1ccccc1[O-].CCCCCCCCCc1ccccc1[O-].[Mo]. The smallest absolute Gasteiger partial charge is 0 e. The molecular weight excluding hydrogens is 1270 g/mol. The van der Waals surface area contributed by atoms with Crippen molar-refractivity contribution in [2.75, 3.05) is 0 Å². The van der Waals surface area contributed by atoms with Gasteiger partial charge in [0.1, 0.15) is 0 Å². The van der Waals surface area contributed by atoms with Gasteiger partial charge in [-0.3, -0.25) is 0 Å². The van der Waals surface area contributed by atoms with Crippen molar-refractivity contribution in [1.29, 1.82) is 0 Å². The van der Waals surface area contributed by atoms with Gasteiger partial charge in [0, 0.05) is 21.1 Å². The van der Waals surface area contributed by atoms with Gasteiger partial charge in [0.25, 0.3) is 0 Å². The van der Waals surface area contributed by atoms with Gasteiger partial charge in [-0.05, 0) is 77.0 Å². The molecule has 0 N–H and O–H groups in total. The molecule has 0 fully saturated rings. The van der Waals surface area contributed by atoms with Crippen molar-refractivity contribution in [3.05, 3.63) is 179 Å². The van der Waals surface area contributed by atoms with Gasteiger partial charge in [0.05, 0.1) is 0 Å². The molecule has 0 bridgehead atoms. The molecule has 6 aromatic rings. The fourth-order valence-corrected chi connectivity index (χ4v) is 11.9. The van der Waals surface area contributed by atoms with E-state index in [4.69, 9.17) is 0 Å². The first-order valence-electron chi connectivity index (χ1n) is 39.6. The summed E-state index contributed by atoms with van der Waals surface area (Å²) < 4.78 is 0. The molecule has 546 valence electrons. The fraction of sp³-hybridized carbons (Fsp3) is 0.600. The van der Waals surface area contributed by atoms with E-state index in [1.165, 1.54) is 231 Å². The number of para-hydroxylation sites is 6. The van der Waals surface area contributed by atoms with Gasteiger partial charge >= 0.3 is 0 Å². The predicted octanol–water partition coefficient (Wildman–Crippen LogP) is 24.3. The molecule has 0 radical (unpaired) electrons. The van der Waals surface area contributed by atoms with E-state index in [0.717, 1.165) is 110 Å². The second-order valence-electron chi connectivity index (χ2n) is 26.9. The standard InChI is InChI=1S/6C15H24O.Mo/c6*1-2-3-4-5-6-7-8-11-14-12-9-10-13-15(14)16;/h6*9-10,12-13,16H,2-8,11H2,1H3;/p-6. The third kappa shape index (κ3) is 54.3. The minimum atomic E-state index is 0. The summed E-state index contributed by atoms with van der Waals surface area (Å²) in [5, 5.41) is 68.5. The van der Waals surface area contributed by atoms with Crippen molar-refractivity contribution in [3.63, 3.8) is 0 Å². The van der Waals surface area contributed by atoms with Gasteiger partial charge in [-0.15, -0.1) is 34.5 Å². The molecule has 0 saturated heterocycles. The number of hydrogen-bond donors (Lipinski definition) is 0. The predicted molar refractivity (Wildman–Crippen MR) is 406 cm³/mol. The summed E-state index contributed by atoms with van der Waals surface area (Å²) in [7, 11) is 0. The second-order valence-corrected chi connectivity index (χ2v) is 26.9. The number of unbranched alkanes of at least 4 members (excludes halogenated alkanes) is 36. The van der Waals surface area contributed by atoms with Crippen LogP contribution in [0.2, 0.25) is 0 Å². The van der Waals surface area contributed by atoms with Crippen LogP contribution >= 0.6 is 0 Å². The Morgan fingerprint density at radius 1 is 0.155 bits per heavy atom. The minimum absolute atomic E-state index is 0. The molecule has 0 atom stereocenters. The monoisotopic (exact) mass is 1410 g/mol. The van der Waals surface area contributed by atoms with E-state index in [0.29, 0.717) is 0 Å². The molecule has 0 heterocycles. The van der Waals surface area contributed by atoms with E-state index in [1.54, 1.807) is 36.4 Å². The van der Waals surface area contributed by atoms with Crippen molar-refractivity contribution in [2.24, 2.45) is 0 Å². The van der Waals surface area contributed by atoms with Crippen molar-refractivity contribution in [2.45, 2.75) is 350 Å². The van der Waals surface area contributed by atoms with Crippen LogP contribution in [0, 0.1) is 0 Å². The van der Waals surface area contributed by atoms with Crippen molar-refractivity contribution in [1.82, 2.24) is 0 Å². The van der Waals surface area contributed by atoms with Crippen LogP contribution in [0.5, 0.6) is 34.5 Å². The molecule has 0 amide bonds.